The minimum atomic E-state index is -0.838. The molecule has 0 saturated carbocycles. The molecule has 0 aliphatic heterocycles. The van der Waals surface area contributed by atoms with E-state index in [-0.39, 0.29) is 0 Å². The van der Waals surface area contributed by atoms with E-state index in [1.54, 1.807) is 0 Å². The van der Waals surface area contributed by atoms with E-state index >= 15 is 0 Å². The number of hydrogen-bond donors (Lipinski definition) is 0. The lowest BCUT2D eigenvalue weighted by atomic mass is 10.8. The molecule has 0 aromatic rings. The Bertz CT molecular complexity index is 66.7. The average Bonchev–Trinajstić information content (AvgIpc) is 1.30. The Morgan fingerprint density at radius 3 is 1.57 bits per heavy atom. The van der Waals surface area contributed by atoms with Crippen LogP contribution < -0.4 is 0 Å². The van der Waals surface area contributed by atoms with Crippen LogP contribution >= 0.6 is 0 Å². The maximum atomic E-state index is 2.33. The molecular weight excluding hydrogens is 100 g/mol. The van der Waals surface area contributed by atoms with Gasteiger partial charge in [-0.15, -0.1) is 0 Å². The maximum Gasteiger partial charge on any atom is 0.0682 e. The minimum Gasteiger partial charge on any atom is -0.0992 e. The van der Waals surface area contributed by atoms with Crippen molar-refractivity contribution in [3.8, 4) is 0 Å². The quantitative estimate of drug-likeness (QED) is 0.459. The van der Waals surface area contributed by atoms with Crippen LogP contribution in [-0.2, 0) is 0 Å². The van der Waals surface area contributed by atoms with Crippen LogP contribution in [0.1, 0.15) is 6.92 Å². The largest absolute Gasteiger partial charge is 0.0992 e. The lowest BCUT2D eigenvalue weighted by molar-refractivity contribution is 1.70. The Hall–Kier alpha value is -0.0431. The molecule has 0 aromatic heterocycles. The van der Waals surface area contributed by atoms with E-state index in [0.29, 0.717) is 0 Å². The van der Waals surface area contributed by atoms with Crippen LogP contribution in [0.3, 0.4) is 0 Å². The molecule has 0 aliphatic rings. The van der Waals surface area contributed by atoms with Gasteiger partial charge in [0.2, 0.25) is 0 Å². The van der Waals surface area contributed by atoms with Gasteiger partial charge < -0.3 is 0 Å². The van der Waals surface area contributed by atoms with E-state index in [2.05, 4.69) is 38.3 Å². The molecule has 0 aromatic carbocycles. The molecule has 0 radical (unpaired) electrons. The first-order valence-corrected chi connectivity index (χ1v) is 6.28. The molecule has 7 heavy (non-hydrogen) atoms. The van der Waals surface area contributed by atoms with Crippen molar-refractivity contribution < 1.29 is 0 Å². The first-order valence-electron chi connectivity index (χ1n) is 2.70. The van der Waals surface area contributed by atoms with Gasteiger partial charge in [-0.05, 0) is 6.92 Å². The zero-order valence-electron chi connectivity index (χ0n) is 5.65. The summed E-state index contributed by atoms with van der Waals surface area (Å²) >= 11 is 0. The second-order valence-corrected chi connectivity index (χ2v) is 7.93. The monoisotopic (exact) mass is 114 g/mol. The summed E-state index contributed by atoms with van der Waals surface area (Å²) in [5, 5.41) is 0. The van der Waals surface area contributed by atoms with Crippen molar-refractivity contribution in [3.05, 3.63) is 11.8 Å². The molecule has 0 spiro atoms. The van der Waals surface area contributed by atoms with Gasteiger partial charge in [-0.25, -0.2) is 0 Å². The van der Waals surface area contributed by atoms with Crippen molar-refractivity contribution in [2.24, 2.45) is 0 Å². The zero-order chi connectivity index (χ0) is 5.91. The van der Waals surface area contributed by atoms with Gasteiger partial charge in [0, 0.05) is 0 Å². The highest BCUT2D eigenvalue weighted by Crippen LogP contribution is 2.00. The van der Waals surface area contributed by atoms with E-state index in [1.807, 2.05) is 0 Å². The summed E-state index contributed by atoms with van der Waals surface area (Å²) in [5.74, 6) is 0. The van der Waals surface area contributed by atoms with Crippen LogP contribution in [0.5, 0.6) is 0 Å². The molecule has 0 N–H and O–H groups in total. The zero-order valence-corrected chi connectivity index (χ0v) is 6.65. The lowest BCUT2D eigenvalue weighted by Crippen LogP contribution is -2.14. The smallest absolute Gasteiger partial charge is 0.0682 e. The second-order valence-electron chi connectivity index (χ2n) is 2.87. The normalized spacial score (nSPS) is 13.1. The maximum absolute atomic E-state index is 2.33. The van der Waals surface area contributed by atoms with Gasteiger partial charge in [0.25, 0.3) is 0 Å². The van der Waals surface area contributed by atoms with Gasteiger partial charge in [-0.3, -0.25) is 0 Å². The summed E-state index contributed by atoms with van der Waals surface area (Å²) in [6.07, 6.45) is 2.15. The third-order valence-electron chi connectivity index (χ3n) is 0.667. The second kappa shape index (κ2) is 2.31. The molecule has 0 rings (SSSR count). The standard InChI is InChI=1S/C6H14Si/c1-5-6-7(2,3)4/h5-6H,1-4H3/b6-5+. The molecule has 0 fully saturated rings. The SMILES string of the molecule is C/C=C/[Si](C)(C)C. The van der Waals surface area contributed by atoms with Crippen molar-refractivity contribution in [1.82, 2.24) is 0 Å². The molecule has 0 aliphatic carbocycles. The van der Waals surface area contributed by atoms with Gasteiger partial charge in [0.15, 0.2) is 0 Å². The van der Waals surface area contributed by atoms with E-state index in [4.69, 9.17) is 0 Å². The van der Waals surface area contributed by atoms with E-state index in [1.165, 1.54) is 0 Å². The first-order chi connectivity index (χ1) is 3.06. The fraction of sp³-hybridized carbons (Fsp3) is 0.667. The van der Waals surface area contributed by atoms with Gasteiger partial charge in [-0.1, -0.05) is 31.4 Å². The third-order valence-corrected chi connectivity index (χ3v) is 2.00. The number of hydrogen-bond acceptors (Lipinski definition) is 0. The highest BCUT2D eigenvalue weighted by molar-refractivity contribution is 6.80. The van der Waals surface area contributed by atoms with Crippen molar-refractivity contribution in [1.29, 1.82) is 0 Å². The minimum absolute atomic E-state index is 0.838. The summed E-state index contributed by atoms with van der Waals surface area (Å²) in [7, 11) is -0.838. The molecule has 0 bridgehead atoms. The topological polar surface area (TPSA) is 0 Å². The molecule has 0 amide bonds. The molecule has 42 valence electrons. The number of allylic oxidation sites excluding steroid dienone is 1. The third kappa shape index (κ3) is 5.96. The highest BCUT2D eigenvalue weighted by atomic mass is 28.3. The molecule has 1 heteroatoms. The Morgan fingerprint density at radius 2 is 1.57 bits per heavy atom. The summed E-state index contributed by atoms with van der Waals surface area (Å²) in [5.41, 5.74) is 2.33. The van der Waals surface area contributed by atoms with Crippen molar-refractivity contribution >= 4 is 8.07 Å². The van der Waals surface area contributed by atoms with Crippen molar-refractivity contribution in [2.45, 2.75) is 26.6 Å². The Morgan fingerprint density at radius 1 is 1.14 bits per heavy atom. The van der Waals surface area contributed by atoms with Crippen LogP contribution in [0.15, 0.2) is 11.8 Å². The van der Waals surface area contributed by atoms with Crippen LogP contribution in [0.2, 0.25) is 19.6 Å². The summed E-state index contributed by atoms with van der Waals surface area (Å²) in [6.45, 7) is 9.06. The van der Waals surface area contributed by atoms with Gasteiger partial charge in [-0.2, -0.15) is 0 Å². The van der Waals surface area contributed by atoms with E-state index < -0.39 is 8.07 Å². The fourth-order valence-corrected chi connectivity index (χ4v) is 1.50. The molecule has 0 unspecified atom stereocenters. The van der Waals surface area contributed by atoms with Gasteiger partial charge in [0.05, 0.1) is 8.07 Å². The van der Waals surface area contributed by atoms with Gasteiger partial charge in [0.1, 0.15) is 0 Å². The van der Waals surface area contributed by atoms with Crippen LogP contribution in [0.25, 0.3) is 0 Å². The highest BCUT2D eigenvalue weighted by Gasteiger charge is 2.04. The molecule has 0 saturated heterocycles. The Balaban J connectivity index is 3.56. The summed E-state index contributed by atoms with van der Waals surface area (Å²) < 4.78 is 0. The van der Waals surface area contributed by atoms with Crippen LogP contribution in [0, 0.1) is 0 Å². The van der Waals surface area contributed by atoms with E-state index in [9.17, 15) is 0 Å². The van der Waals surface area contributed by atoms with Crippen LogP contribution in [0.4, 0.5) is 0 Å². The summed E-state index contributed by atoms with van der Waals surface area (Å²) in [6, 6.07) is 0. The summed E-state index contributed by atoms with van der Waals surface area (Å²) in [4.78, 5) is 0. The number of rotatable bonds is 1. The lowest BCUT2D eigenvalue weighted by Gasteiger charge is -2.06. The predicted molar refractivity (Wildman–Crippen MR) is 38.2 cm³/mol. The molecule has 0 nitrogen and oxygen atoms in total. The Labute approximate surface area is 47.3 Å². The van der Waals surface area contributed by atoms with E-state index in [0.717, 1.165) is 0 Å². The average molecular weight is 114 g/mol. The fourth-order valence-electron chi connectivity index (χ4n) is 0.500. The molecule has 0 heterocycles. The van der Waals surface area contributed by atoms with Gasteiger partial charge >= 0.3 is 0 Å². The molecular formula is C6H14Si. The van der Waals surface area contributed by atoms with Crippen molar-refractivity contribution in [3.63, 3.8) is 0 Å². The van der Waals surface area contributed by atoms with Crippen molar-refractivity contribution in [2.75, 3.05) is 0 Å². The van der Waals surface area contributed by atoms with Crippen LogP contribution in [-0.4, -0.2) is 8.07 Å². The predicted octanol–water partition coefficient (Wildman–Crippen LogP) is 2.44. The first kappa shape index (κ1) is 6.96. The molecule has 0 atom stereocenters. The Kier molecular flexibility index (Phi) is 2.30.